The van der Waals surface area contributed by atoms with Gasteiger partial charge in [0.25, 0.3) is 0 Å². The van der Waals surface area contributed by atoms with Crippen molar-refractivity contribution in [3.63, 3.8) is 0 Å². The predicted octanol–water partition coefficient (Wildman–Crippen LogP) is -1.38. The predicted molar refractivity (Wildman–Crippen MR) is 20.7 cm³/mol. The molecule has 4 heavy (non-hydrogen) atoms. The standard InChI is InChI=1S/C2H2O.Sn.2H/c1-2-3;;;/h1-2H;;;. The average molecular weight is 163 g/mol. The second-order valence-electron chi connectivity index (χ2n) is 0.372. The Morgan fingerprint density at radius 2 is 2.00 bits per heavy atom. The Kier molecular flexibility index (Phi) is 3.62. The first-order valence-corrected chi connectivity index (χ1v) is 3.31. The van der Waals surface area contributed by atoms with Gasteiger partial charge in [-0.05, 0) is 0 Å². The van der Waals surface area contributed by atoms with Crippen LogP contribution in [0.3, 0.4) is 0 Å². The second kappa shape index (κ2) is 3.34. The summed E-state index contributed by atoms with van der Waals surface area (Å²) in [7, 11) is 0. The third-order valence-corrected chi connectivity index (χ3v) is 0.645. The van der Waals surface area contributed by atoms with Crippen molar-refractivity contribution in [2.45, 2.75) is 0 Å². The number of hydrogen-bond donors (Lipinski definition) is 0. The summed E-state index contributed by atoms with van der Waals surface area (Å²) in [5, 5.41) is 0. The van der Waals surface area contributed by atoms with Crippen LogP contribution in [0.15, 0.2) is 0 Å². The molecule has 0 heterocycles. The molecule has 0 aromatic heterocycles. The minimum absolute atomic E-state index is 0.719. The van der Waals surface area contributed by atoms with Gasteiger partial charge < -0.3 is 0 Å². The summed E-state index contributed by atoms with van der Waals surface area (Å²) in [6, 6.07) is 0. The first kappa shape index (κ1) is 4.34. The van der Waals surface area contributed by atoms with Crippen LogP contribution in [0.25, 0.3) is 0 Å². The molecule has 0 radical (unpaired) electrons. The van der Waals surface area contributed by atoms with Gasteiger partial charge in [0.15, 0.2) is 0 Å². The summed E-state index contributed by atoms with van der Waals surface area (Å²) in [6.07, 6.45) is 0.826. The van der Waals surface area contributed by atoms with Crippen LogP contribution >= 0.6 is 0 Å². The van der Waals surface area contributed by atoms with Gasteiger partial charge in [-0.3, -0.25) is 0 Å². The molecule has 0 fully saturated rings. The molecule has 2 heteroatoms. The van der Waals surface area contributed by atoms with E-state index in [-0.39, 0.29) is 0 Å². The van der Waals surface area contributed by atoms with E-state index in [0.717, 1.165) is 28.3 Å². The normalized spacial score (nSPS) is 5.00. The first-order valence-electron chi connectivity index (χ1n) is 0.977. The molecule has 0 unspecified atom stereocenters. The summed E-state index contributed by atoms with van der Waals surface area (Å²) < 4.78 is 1.61. The quantitative estimate of drug-likeness (QED) is 0.343. The average Bonchev–Trinajstić information content (AvgIpc) is 1.37. The summed E-state index contributed by atoms with van der Waals surface area (Å²) in [5.41, 5.74) is 0. The number of carbonyl (C=O) groups excluding carboxylic acids is 1. The Morgan fingerprint density at radius 3 is 2.00 bits per heavy atom. The summed E-state index contributed by atoms with van der Waals surface area (Å²) in [4.78, 5) is 9.16. The maximum absolute atomic E-state index is 9.16. The number of hydrogen-bond acceptors (Lipinski definition) is 1. The molecule has 0 N–H and O–H groups in total. The topological polar surface area (TPSA) is 17.1 Å². The van der Waals surface area contributed by atoms with E-state index in [0.29, 0.717) is 0 Å². The molecular formula is C2H4OSn. The van der Waals surface area contributed by atoms with E-state index in [1.54, 1.807) is 4.02 Å². The zero-order chi connectivity index (χ0) is 3.41. The van der Waals surface area contributed by atoms with Crippen LogP contribution in [-0.2, 0) is 4.79 Å². The van der Waals surface area contributed by atoms with Crippen molar-refractivity contribution in [3.8, 4) is 0 Å². The van der Waals surface area contributed by atoms with Crippen molar-refractivity contribution in [2.75, 3.05) is 0 Å². The SMILES string of the molecule is O=C[CH]=[SnH2]. The monoisotopic (exact) mass is 164 g/mol. The Bertz CT molecular complexity index is 27.0. The van der Waals surface area contributed by atoms with E-state index < -0.39 is 0 Å². The Morgan fingerprint density at radius 1 is 1.75 bits per heavy atom. The van der Waals surface area contributed by atoms with Gasteiger partial charge in [-0.1, -0.05) is 0 Å². The molecule has 0 aliphatic carbocycles. The van der Waals surface area contributed by atoms with Gasteiger partial charge >= 0.3 is 37.2 Å². The van der Waals surface area contributed by atoms with Crippen LogP contribution in [0.2, 0.25) is 0 Å². The number of rotatable bonds is 1. The zero-order valence-corrected chi connectivity index (χ0v) is 6.31. The van der Waals surface area contributed by atoms with Crippen molar-refractivity contribution >= 4 is 32.4 Å². The van der Waals surface area contributed by atoms with Crippen LogP contribution in [-0.4, -0.2) is 32.4 Å². The van der Waals surface area contributed by atoms with Crippen molar-refractivity contribution in [1.29, 1.82) is 0 Å². The molecule has 0 bridgehead atoms. The van der Waals surface area contributed by atoms with Crippen LogP contribution in [0.5, 0.6) is 0 Å². The molecule has 1 nitrogen and oxygen atoms in total. The van der Waals surface area contributed by atoms with E-state index >= 15 is 0 Å². The van der Waals surface area contributed by atoms with E-state index in [2.05, 4.69) is 0 Å². The summed E-state index contributed by atoms with van der Waals surface area (Å²) in [6.45, 7) is 0. The Labute approximate surface area is 37.6 Å². The van der Waals surface area contributed by atoms with Gasteiger partial charge in [-0.25, -0.2) is 0 Å². The Hall–Kier alpha value is 0.339. The molecule has 0 atom stereocenters. The second-order valence-corrected chi connectivity index (χ2v) is 1.72. The third kappa shape index (κ3) is 2.34. The molecule has 22 valence electrons. The van der Waals surface area contributed by atoms with Gasteiger partial charge in [0.05, 0.1) is 0 Å². The Balaban J connectivity index is 2.73. The molecule has 0 saturated carbocycles. The first-order chi connectivity index (χ1) is 1.91. The van der Waals surface area contributed by atoms with Gasteiger partial charge in [0.1, 0.15) is 0 Å². The number of aldehydes is 1. The summed E-state index contributed by atoms with van der Waals surface area (Å²) in [5.74, 6) is 0. The molecule has 0 saturated heterocycles. The van der Waals surface area contributed by atoms with Crippen molar-refractivity contribution in [3.05, 3.63) is 0 Å². The minimum atomic E-state index is 0.719. The summed E-state index contributed by atoms with van der Waals surface area (Å²) >= 11 is 0.719. The molecule has 0 aliphatic rings. The van der Waals surface area contributed by atoms with E-state index in [4.69, 9.17) is 4.79 Å². The molecule has 0 aromatic carbocycles. The molecule has 0 rings (SSSR count). The van der Waals surface area contributed by atoms with Gasteiger partial charge in [-0.2, -0.15) is 0 Å². The molecule has 0 amide bonds. The van der Waals surface area contributed by atoms with E-state index in [9.17, 15) is 0 Å². The third-order valence-electron chi connectivity index (χ3n) is 0.0962. The maximum atomic E-state index is 9.16. The van der Waals surface area contributed by atoms with Crippen molar-refractivity contribution in [1.82, 2.24) is 0 Å². The molecule has 0 aromatic rings. The van der Waals surface area contributed by atoms with Gasteiger partial charge in [0.2, 0.25) is 0 Å². The van der Waals surface area contributed by atoms with Gasteiger partial charge in [0, 0.05) is 0 Å². The molecule has 0 aliphatic heterocycles. The van der Waals surface area contributed by atoms with Crippen LogP contribution in [0.1, 0.15) is 0 Å². The van der Waals surface area contributed by atoms with Crippen molar-refractivity contribution in [2.24, 2.45) is 0 Å². The van der Waals surface area contributed by atoms with Crippen molar-refractivity contribution < 1.29 is 4.79 Å². The fraction of sp³-hybridized carbons (Fsp3) is 0. The fourth-order valence-corrected chi connectivity index (χ4v) is 0. The van der Waals surface area contributed by atoms with Crippen LogP contribution in [0, 0.1) is 0 Å². The van der Waals surface area contributed by atoms with Crippen LogP contribution in [0.4, 0.5) is 0 Å². The van der Waals surface area contributed by atoms with E-state index in [1.807, 2.05) is 0 Å². The molecular weight excluding hydrogens is 159 g/mol. The number of carbonyl (C=O) groups is 1. The molecule has 0 spiro atoms. The van der Waals surface area contributed by atoms with E-state index in [1.165, 1.54) is 0 Å². The van der Waals surface area contributed by atoms with Gasteiger partial charge in [-0.15, -0.1) is 0 Å². The fourth-order valence-electron chi connectivity index (χ4n) is 0. The van der Waals surface area contributed by atoms with Crippen LogP contribution < -0.4 is 0 Å². The zero-order valence-electron chi connectivity index (χ0n) is 2.27.